The van der Waals surface area contributed by atoms with E-state index in [4.69, 9.17) is 14.4 Å². The zero-order chi connectivity index (χ0) is 17.1. The van der Waals surface area contributed by atoms with Crippen molar-refractivity contribution in [2.45, 2.75) is 0 Å². The van der Waals surface area contributed by atoms with Gasteiger partial charge in [-0.05, 0) is 22.6 Å². The van der Waals surface area contributed by atoms with Crippen molar-refractivity contribution >= 4 is 33.2 Å². The number of benzene rings is 2. The molecule has 6 heteroatoms. The van der Waals surface area contributed by atoms with Crippen molar-refractivity contribution in [3.05, 3.63) is 59.5 Å². The van der Waals surface area contributed by atoms with Gasteiger partial charge in [0.05, 0.1) is 11.2 Å². The van der Waals surface area contributed by atoms with Gasteiger partial charge in [-0.25, -0.2) is 9.98 Å². The number of aromatic nitrogens is 2. The molecule has 0 bridgehead atoms. The standard InChI is InChI=1S/C19H14N4OS/c1-25(2)22-19-21-15-11-7-3-5-9-13(11)20-16(15)17-18(24)12-8-4-6-10-14(12)23(17)19/h3-10H,1-2H3/p+1. The number of para-hydroxylation sites is 2. The van der Waals surface area contributed by atoms with Gasteiger partial charge < -0.3 is 5.11 Å². The lowest BCUT2D eigenvalue weighted by Crippen LogP contribution is -2.26. The number of aromatic hydroxyl groups is 1. The Kier molecular flexibility index (Phi) is 2.93. The highest BCUT2D eigenvalue weighted by Gasteiger charge is 2.23. The molecule has 3 heterocycles. The summed E-state index contributed by atoms with van der Waals surface area (Å²) in [7, 11) is 0. The zero-order valence-corrected chi connectivity index (χ0v) is 14.6. The molecular weight excluding hydrogens is 332 g/mol. The molecule has 0 fully saturated rings. The van der Waals surface area contributed by atoms with Crippen LogP contribution >= 0.6 is 0 Å². The molecule has 1 aliphatic heterocycles. The normalized spacial score (nSPS) is 13.5. The van der Waals surface area contributed by atoms with E-state index in [1.165, 1.54) is 0 Å². The first-order valence-corrected chi connectivity index (χ1v) is 9.91. The molecule has 25 heavy (non-hydrogen) atoms. The van der Waals surface area contributed by atoms with E-state index < -0.39 is 0 Å². The number of hydrogen-bond acceptors (Lipinski definition) is 4. The van der Waals surface area contributed by atoms with Crippen LogP contribution < -0.4 is 11.0 Å². The molecule has 2 aromatic heterocycles. The molecule has 0 atom stereocenters. The van der Waals surface area contributed by atoms with Crippen LogP contribution in [0.25, 0.3) is 27.7 Å². The predicted molar refractivity (Wildman–Crippen MR) is 101 cm³/mol. The lowest BCUT2D eigenvalue weighted by molar-refractivity contribution is 0.486. The highest BCUT2D eigenvalue weighted by Crippen LogP contribution is 2.35. The molecule has 0 amide bonds. The first-order valence-electron chi connectivity index (χ1n) is 7.92. The van der Waals surface area contributed by atoms with E-state index >= 15 is 0 Å². The van der Waals surface area contributed by atoms with Crippen LogP contribution in [-0.2, 0) is 11.1 Å². The SMILES string of the molecule is C[S+](C)/N=c1/nc2c(c3c(O)c4ccccc4n13)=Nc1ccccc1-2. The van der Waals surface area contributed by atoms with Gasteiger partial charge in [0.25, 0.3) is 5.62 Å². The summed E-state index contributed by atoms with van der Waals surface area (Å²) < 4.78 is 6.65. The van der Waals surface area contributed by atoms with Gasteiger partial charge >= 0.3 is 0 Å². The van der Waals surface area contributed by atoms with Crippen LogP contribution in [0, 0.1) is 0 Å². The maximum Gasteiger partial charge on any atom is 0.284 e. The van der Waals surface area contributed by atoms with E-state index in [1.54, 1.807) is 0 Å². The maximum atomic E-state index is 10.9. The molecule has 4 aromatic rings. The fourth-order valence-electron chi connectivity index (χ4n) is 3.37. The van der Waals surface area contributed by atoms with E-state index in [9.17, 15) is 5.11 Å². The van der Waals surface area contributed by atoms with Crippen molar-refractivity contribution in [3.8, 4) is 17.0 Å². The number of hydrogen-bond donors (Lipinski definition) is 1. The molecule has 5 nitrogen and oxygen atoms in total. The first-order chi connectivity index (χ1) is 12.1. The minimum atomic E-state index is -0.181. The third kappa shape index (κ3) is 1.94. The van der Waals surface area contributed by atoms with Gasteiger partial charge in [0.1, 0.15) is 40.2 Å². The van der Waals surface area contributed by atoms with Crippen molar-refractivity contribution in [1.82, 2.24) is 9.38 Å². The first kappa shape index (κ1) is 14.5. The van der Waals surface area contributed by atoms with Gasteiger partial charge in [-0.3, -0.25) is 4.40 Å². The van der Waals surface area contributed by atoms with Crippen LogP contribution in [0.5, 0.6) is 5.75 Å². The van der Waals surface area contributed by atoms with Gasteiger partial charge in [-0.2, -0.15) is 0 Å². The molecule has 122 valence electrons. The summed E-state index contributed by atoms with van der Waals surface area (Å²) in [6.07, 6.45) is 4.09. The second-order valence-electron chi connectivity index (χ2n) is 6.15. The lowest BCUT2D eigenvalue weighted by Gasteiger charge is -2.01. The molecular formula is C19H15N4OS+. The molecule has 0 aliphatic carbocycles. The van der Waals surface area contributed by atoms with Crippen molar-refractivity contribution in [3.63, 3.8) is 0 Å². The van der Waals surface area contributed by atoms with Gasteiger partial charge in [0.15, 0.2) is 5.75 Å². The number of nitrogens with zero attached hydrogens (tertiary/aromatic N) is 4. The molecule has 2 aromatic carbocycles. The molecule has 0 saturated heterocycles. The number of fused-ring (bicyclic) bond motifs is 7. The third-order valence-electron chi connectivity index (χ3n) is 4.36. The molecule has 1 aliphatic rings. The van der Waals surface area contributed by atoms with Crippen molar-refractivity contribution in [2.75, 3.05) is 12.5 Å². The van der Waals surface area contributed by atoms with Gasteiger partial charge in [-0.15, -0.1) is 0 Å². The Labute approximate surface area is 146 Å². The monoisotopic (exact) mass is 347 g/mol. The Balaban J connectivity index is 2.09. The van der Waals surface area contributed by atoms with E-state index in [0.29, 0.717) is 16.5 Å². The summed E-state index contributed by atoms with van der Waals surface area (Å²) >= 11 is -0.181. The largest absolute Gasteiger partial charge is 0.505 e. The van der Waals surface area contributed by atoms with E-state index in [2.05, 4.69) is 0 Å². The third-order valence-corrected chi connectivity index (χ3v) is 4.89. The lowest BCUT2D eigenvalue weighted by atomic mass is 10.1. The Morgan fingerprint density at radius 3 is 2.64 bits per heavy atom. The predicted octanol–water partition coefficient (Wildman–Crippen LogP) is 2.54. The van der Waals surface area contributed by atoms with Crippen LogP contribution in [0.2, 0.25) is 0 Å². The Morgan fingerprint density at radius 2 is 1.80 bits per heavy atom. The summed E-state index contributed by atoms with van der Waals surface area (Å²) in [5.41, 5.74) is 4.80. The average Bonchev–Trinajstić information content (AvgIpc) is 3.11. The maximum absolute atomic E-state index is 10.9. The summed E-state index contributed by atoms with van der Waals surface area (Å²) in [5, 5.41) is 12.4. The number of rotatable bonds is 1. The smallest absolute Gasteiger partial charge is 0.284 e. The topological polar surface area (TPSA) is 62.2 Å². The summed E-state index contributed by atoms with van der Waals surface area (Å²) in [5.74, 6) is 0.231. The van der Waals surface area contributed by atoms with Crippen molar-refractivity contribution in [1.29, 1.82) is 0 Å². The minimum Gasteiger partial charge on any atom is -0.505 e. The highest BCUT2D eigenvalue weighted by molar-refractivity contribution is 7.94. The summed E-state index contributed by atoms with van der Waals surface area (Å²) in [6, 6.07) is 15.7. The molecule has 0 radical (unpaired) electrons. The van der Waals surface area contributed by atoms with Crippen LogP contribution in [0.4, 0.5) is 5.69 Å². The average molecular weight is 347 g/mol. The van der Waals surface area contributed by atoms with Crippen LogP contribution in [0.3, 0.4) is 0 Å². The van der Waals surface area contributed by atoms with Crippen molar-refractivity contribution in [2.24, 2.45) is 9.39 Å². The summed E-state index contributed by atoms with van der Waals surface area (Å²) in [6.45, 7) is 0. The van der Waals surface area contributed by atoms with Gasteiger partial charge in [-0.1, -0.05) is 30.3 Å². The van der Waals surface area contributed by atoms with Gasteiger partial charge in [0, 0.05) is 10.9 Å². The van der Waals surface area contributed by atoms with Gasteiger partial charge in [0.2, 0.25) is 0 Å². The van der Waals surface area contributed by atoms with Crippen LogP contribution in [0.1, 0.15) is 0 Å². The zero-order valence-electron chi connectivity index (χ0n) is 13.8. The molecule has 0 spiro atoms. The highest BCUT2D eigenvalue weighted by atomic mass is 32.2. The summed E-state index contributed by atoms with van der Waals surface area (Å²) in [4.78, 5) is 9.56. The van der Waals surface area contributed by atoms with Crippen LogP contribution in [0.15, 0.2) is 57.9 Å². The Morgan fingerprint density at radius 1 is 1.04 bits per heavy atom. The minimum absolute atomic E-state index is 0.181. The van der Waals surface area contributed by atoms with E-state index in [0.717, 1.165) is 27.8 Å². The Bertz CT molecular complexity index is 1290. The molecule has 5 rings (SSSR count). The molecule has 0 saturated carbocycles. The second-order valence-corrected chi connectivity index (χ2v) is 7.88. The Hall–Kier alpha value is -2.86. The fourth-order valence-corrected chi connectivity index (χ4v) is 3.82. The second kappa shape index (κ2) is 5.07. The quantitative estimate of drug-likeness (QED) is 0.474. The molecule has 0 unspecified atom stereocenters. The van der Waals surface area contributed by atoms with Crippen LogP contribution in [-0.4, -0.2) is 27.0 Å². The fraction of sp³-hybridized carbons (Fsp3) is 0.105. The van der Waals surface area contributed by atoms with E-state index in [-0.39, 0.29) is 16.8 Å². The van der Waals surface area contributed by atoms with Crippen molar-refractivity contribution < 1.29 is 5.11 Å². The molecule has 1 N–H and O–H groups in total. The van der Waals surface area contributed by atoms with E-state index in [1.807, 2.05) is 65.4 Å².